The number of thiol groups is 1. The number of benzene rings is 2. The minimum absolute atomic E-state index is 0.329. The van der Waals surface area contributed by atoms with Crippen LogP contribution in [-0.4, -0.2) is 8.42 Å². The van der Waals surface area contributed by atoms with Gasteiger partial charge < -0.3 is 5.32 Å². The Balaban J connectivity index is 2.22. The number of rotatable bonds is 3. The second-order valence-corrected chi connectivity index (χ2v) is 4.77. The first-order valence-electron chi connectivity index (χ1n) is 5.24. The molecule has 2 rings (SSSR count). The van der Waals surface area contributed by atoms with Crippen LogP contribution in [0.3, 0.4) is 0 Å². The van der Waals surface area contributed by atoms with Crippen molar-refractivity contribution < 1.29 is 8.42 Å². The van der Waals surface area contributed by atoms with Crippen LogP contribution in [0.25, 0.3) is 0 Å². The molecule has 0 atom stereocenters. The van der Waals surface area contributed by atoms with Crippen molar-refractivity contribution in [1.29, 1.82) is 0 Å². The predicted molar refractivity (Wildman–Crippen MR) is 69.5 cm³/mol. The first-order chi connectivity index (χ1) is 8.16. The second kappa shape index (κ2) is 5.01. The molecular formula is C13H13NO2S. The van der Waals surface area contributed by atoms with Gasteiger partial charge in [0.05, 0.1) is 4.90 Å². The first kappa shape index (κ1) is 11.7. The lowest BCUT2D eigenvalue weighted by Gasteiger charge is -2.09. The molecule has 0 saturated carbocycles. The molecule has 0 bridgehead atoms. The Kier molecular flexibility index (Phi) is 3.44. The minimum atomic E-state index is -2.50. The van der Waals surface area contributed by atoms with E-state index in [-0.39, 0.29) is 0 Å². The summed E-state index contributed by atoms with van der Waals surface area (Å²) in [6.07, 6.45) is 0. The fraction of sp³-hybridized carbons (Fsp3) is 0.0769. The van der Waals surface area contributed by atoms with Crippen molar-refractivity contribution in [3.63, 3.8) is 0 Å². The standard InChI is InChI=1S/C13H13NO2S/c1-10-4-2-3-5-13(10)14-11-6-8-12(9-7-11)17(15)16/h2-9,14,17H,1H3. The highest BCUT2D eigenvalue weighted by molar-refractivity contribution is 7.72. The lowest BCUT2D eigenvalue weighted by Crippen LogP contribution is -1.92. The smallest absolute Gasteiger partial charge is 0.168 e. The molecule has 4 heteroatoms. The van der Waals surface area contributed by atoms with E-state index in [9.17, 15) is 8.42 Å². The van der Waals surface area contributed by atoms with Crippen molar-refractivity contribution in [2.24, 2.45) is 0 Å². The van der Waals surface area contributed by atoms with Crippen LogP contribution in [0, 0.1) is 6.92 Å². The highest BCUT2D eigenvalue weighted by atomic mass is 32.2. The van der Waals surface area contributed by atoms with Crippen LogP contribution in [0.4, 0.5) is 11.4 Å². The first-order valence-corrected chi connectivity index (χ1v) is 6.41. The van der Waals surface area contributed by atoms with E-state index in [1.165, 1.54) is 0 Å². The summed E-state index contributed by atoms with van der Waals surface area (Å²) in [5.41, 5.74) is 3.04. The summed E-state index contributed by atoms with van der Waals surface area (Å²) in [6.45, 7) is 2.02. The zero-order chi connectivity index (χ0) is 12.3. The highest BCUT2D eigenvalue weighted by Crippen LogP contribution is 2.20. The fourth-order valence-corrected chi connectivity index (χ4v) is 1.93. The van der Waals surface area contributed by atoms with E-state index in [4.69, 9.17) is 0 Å². The zero-order valence-electron chi connectivity index (χ0n) is 9.38. The Labute approximate surface area is 102 Å². The summed E-state index contributed by atoms with van der Waals surface area (Å²) in [6, 6.07) is 14.6. The van der Waals surface area contributed by atoms with Gasteiger partial charge in [-0.15, -0.1) is 0 Å². The third kappa shape index (κ3) is 2.85. The predicted octanol–water partition coefficient (Wildman–Crippen LogP) is 2.71. The molecule has 0 amide bonds. The Morgan fingerprint density at radius 1 is 0.941 bits per heavy atom. The molecule has 1 N–H and O–H groups in total. The summed E-state index contributed by atoms with van der Waals surface area (Å²) < 4.78 is 21.5. The van der Waals surface area contributed by atoms with Crippen LogP contribution in [-0.2, 0) is 10.7 Å². The monoisotopic (exact) mass is 247 g/mol. The van der Waals surface area contributed by atoms with Gasteiger partial charge in [-0.3, -0.25) is 0 Å². The number of aryl methyl sites for hydroxylation is 1. The number of anilines is 2. The Morgan fingerprint density at radius 3 is 2.18 bits per heavy atom. The molecule has 3 nitrogen and oxygen atoms in total. The van der Waals surface area contributed by atoms with Gasteiger partial charge in [-0.25, -0.2) is 8.42 Å². The molecule has 0 unspecified atom stereocenters. The summed E-state index contributed by atoms with van der Waals surface area (Å²) in [5, 5.41) is 3.24. The lowest BCUT2D eigenvalue weighted by molar-refractivity contribution is 0.614. The maximum atomic E-state index is 10.7. The molecule has 0 aliphatic heterocycles. The van der Waals surface area contributed by atoms with E-state index in [1.807, 2.05) is 31.2 Å². The molecule has 0 heterocycles. The van der Waals surface area contributed by atoms with Gasteiger partial charge in [0.15, 0.2) is 10.7 Å². The van der Waals surface area contributed by atoms with Crippen LogP contribution < -0.4 is 5.32 Å². The van der Waals surface area contributed by atoms with Gasteiger partial charge in [-0.05, 0) is 42.8 Å². The van der Waals surface area contributed by atoms with E-state index in [2.05, 4.69) is 5.32 Å². The summed E-state index contributed by atoms with van der Waals surface area (Å²) >= 11 is 0. The molecule has 0 spiro atoms. The third-order valence-electron chi connectivity index (χ3n) is 2.50. The van der Waals surface area contributed by atoms with Crippen LogP contribution in [0.15, 0.2) is 53.4 Å². The van der Waals surface area contributed by atoms with Crippen LogP contribution in [0.1, 0.15) is 5.56 Å². The van der Waals surface area contributed by atoms with Crippen LogP contribution in [0.5, 0.6) is 0 Å². The third-order valence-corrected chi connectivity index (χ3v) is 3.22. The number of nitrogens with one attached hydrogen (secondary N) is 1. The SMILES string of the molecule is Cc1ccccc1Nc1ccc([SH](=O)=O)cc1. The Hall–Kier alpha value is -1.81. The number of hydrogen-bond acceptors (Lipinski definition) is 3. The highest BCUT2D eigenvalue weighted by Gasteiger charge is 1.99. The van der Waals surface area contributed by atoms with Crippen molar-refractivity contribution in [3.05, 3.63) is 54.1 Å². The van der Waals surface area contributed by atoms with Gasteiger partial charge in [-0.1, -0.05) is 18.2 Å². The van der Waals surface area contributed by atoms with Crippen LogP contribution in [0.2, 0.25) is 0 Å². The molecule has 88 valence electrons. The Bertz CT molecular complexity index is 581. The van der Waals surface area contributed by atoms with E-state index in [0.29, 0.717) is 4.90 Å². The molecule has 0 aromatic heterocycles. The molecular weight excluding hydrogens is 234 g/mol. The van der Waals surface area contributed by atoms with Gasteiger partial charge in [0, 0.05) is 11.4 Å². The molecule has 0 aliphatic rings. The summed E-state index contributed by atoms with van der Waals surface area (Å²) in [4.78, 5) is 0.329. The normalized spacial score (nSPS) is 10.5. The van der Waals surface area contributed by atoms with Crippen molar-refractivity contribution in [3.8, 4) is 0 Å². The molecule has 2 aromatic rings. The van der Waals surface area contributed by atoms with Crippen LogP contribution >= 0.6 is 0 Å². The zero-order valence-corrected chi connectivity index (χ0v) is 10.3. The molecule has 0 aliphatic carbocycles. The molecule has 17 heavy (non-hydrogen) atoms. The summed E-state index contributed by atoms with van der Waals surface area (Å²) in [7, 11) is -2.50. The van der Waals surface area contributed by atoms with Gasteiger partial charge in [0.25, 0.3) is 0 Å². The van der Waals surface area contributed by atoms with Gasteiger partial charge in [0.1, 0.15) is 0 Å². The minimum Gasteiger partial charge on any atom is -0.355 e. The number of para-hydroxylation sites is 1. The molecule has 0 radical (unpaired) electrons. The lowest BCUT2D eigenvalue weighted by atomic mass is 10.2. The average Bonchev–Trinajstić information content (AvgIpc) is 2.33. The molecule has 2 aromatic carbocycles. The van der Waals surface area contributed by atoms with E-state index < -0.39 is 10.7 Å². The van der Waals surface area contributed by atoms with E-state index >= 15 is 0 Å². The van der Waals surface area contributed by atoms with Crippen molar-refractivity contribution in [1.82, 2.24) is 0 Å². The van der Waals surface area contributed by atoms with Gasteiger partial charge in [0.2, 0.25) is 0 Å². The fourth-order valence-electron chi connectivity index (χ4n) is 1.54. The van der Waals surface area contributed by atoms with Gasteiger partial charge in [-0.2, -0.15) is 0 Å². The van der Waals surface area contributed by atoms with Gasteiger partial charge >= 0.3 is 0 Å². The van der Waals surface area contributed by atoms with E-state index in [0.717, 1.165) is 16.9 Å². The van der Waals surface area contributed by atoms with Crippen molar-refractivity contribution >= 4 is 22.1 Å². The molecule has 0 saturated heterocycles. The Morgan fingerprint density at radius 2 is 1.59 bits per heavy atom. The van der Waals surface area contributed by atoms with Crippen molar-refractivity contribution in [2.75, 3.05) is 5.32 Å². The molecule has 0 fully saturated rings. The van der Waals surface area contributed by atoms with E-state index in [1.54, 1.807) is 24.3 Å². The largest absolute Gasteiger partial charge is 0.355 e. The number of hydrogen-bond donors (Lipinski definition) is 2. The second-order valence-electron chi connectivity index (χ2n) is 3.74. The van der Waals surface area contributed by atoms with Crippen molar-refractivity contribution in [2.45, 2.75) is 11.8 Å². The maximum absolute atomic E-state index is 10.7. The topological polar surface area (TPSA) is 46.2 Å². The average molecular weight is 247 g/mol. The summed E-state index contributed by atoms with van der Waals surface area (Å²) in [5.74, 6) is 0. The maximum Gasteiger partial charge on any atom is 0.168 e. The quantitative estimate of drug-likeness (QED) is 0.820.